The van der Waals surface area contributed by atoms with Gasteiger partial charge in [-0.1, -0.05) is 0 Å². The van der Waals surface area contributed by atoms with Gasteiger partial charge in [-0.15, -0.1) is 11.3 Å². The van der Waals surface area contributed by atoms with Crippen LogP contribution in [0.4, 0.5) is 5.69 Å². The second kappa shape index (κ2) is 11.6. The number of hydrogen-bond donors (Lipinski definition) is 4. The third kappa shape index (κ3) is 7.65. The van der Waals surface area contributed by atoms with Gasteiger partial charge in [-0.05, 0) is 25.1 Å². The Balaban J connectivity index is 1.73. The summed E-state index contributed by atoms with van der Waals surface area (Å²) in [5.74, 6) is -1.73. The standard InChI is InChI=1S/C19H22N6O5S/c1-11(23-15(26)5-6-21-17(28)10-30-2)19(29)22-9-16(27)24-12-3-4-13-14(7-12)31-18(8-20)25-13/h3-4,7,11H,5-6,9-10H2,1-2H3,(H,21,28)(H,22,29)(H,23,26)(H,24,27). The zero-order chi connectivity index (χ0) is 22.8. The maximum atomic E-state index is 12.1. The summed E-state index contributed by atoms with van der Waals surface area (Å²) in [6.45, 7) is 1.22. The SMILES string of the molecule is COCC(=O)NCCC(=O)NC(C)C(=O)NCC(=O)Nc1ccc2nc(C#N)sc2c1. The fourth-order valence-electron chi connectivity index (χ4n) is 2.45. The highest BCUT2D eigenvalue weighted by molar-refractivity contribution is 7.19. The van der Waals surface area contributed by atoms with E-state index in [9.17, 15) is 19.2 Å². The van der Waals surface area contributed by atoms with Crippen LogP contribution in [-0.2, 0) is 23.9 Å². The molecule has 0 spiro atoms. The molecule has 11 nitrogen and oxygen atoms in total. The average Bonchev–Trinajstić information content (AvgIpc) is 3.14. The van der Waals surface area contributed by atoms with Crippen molar-refractivity contribution in [1.82, 2.24) is 20.9 Å². The number of benzene rings is 1. The summed E-state index contributed by atoms with van der Waals surface area (Å²) in [5.41, 5.74) is 1.17. The molecule has 0 radical (unpaired) electrons. The molecule has 2 aromatic rings. The quantitative estimate of drug-likeness (QED) is 0.395. The number of ether oxygens (including phenoxy) is 1. The van der Waals surface area contributed by atoms with Crippen LogP contribution >= 0.6 is 11.3 Å². The maximum absolute atomic E-state index is 12.1. The number of aromatic nitrogens is 1. The molecule has 1 aromatic carbocycles. The molecule has 1 aromatic heterocycles. The van der Waals surface area contributed by atoms with Crippen LogP contribution in [0.5, 0.6) is 0 Å². The van der Waals surface area contributed by atoms with Crippen LogP contribution in [0.2, 0.25) is 0 Å². The van der Waals surface area contributed by atoms with Crippen LogP contribution in [-0.4, -0.2) is 61.5 Å². The molecule has 31 heavy (non-hydrogen) atoms. The first-order valence-electron chi connectivity index (χ1n) is 9.25. The van der Waals surface area contributed by atoms with Crippen LogP contribution < -0.4 is 21.3 Å². The molecule has 2 rings (SSSR count). The van der Waals surface area contributed by atoms with Crippen molar-refractivity contribution in [2.24, 2.45) is 0 Å². The molecule has 1 unspecified atom stereocenters. The van der Waals surface area contributed by atoms with Gasteiger partial charge in [0, 0.05) is 25.8 Å². The van der Waals surface area contributed by atoms with Crippen LogP contribution in [0.1, 0.15) is 18.4 Å². The van der Waals surface area contributed by atoms with Gasteiger partial charge >= 0.3 is 0 Å². The first kappa shape index (κ1) is 23.7. The minimum Gasteiger partial charge on any atom is -0.375 e. The van der Waals surface area contributed by atoms with Gasteiger partial charge in [-0.3, -0.25) is 19.2 Å². The zero-order valence-electron chi connectivity index (χ0n) is 17.0. The van der Waals surface area contributed by atoms with E-state index in [1.807, 2.05) is 6.07 Å². The summed E-state index contributed by atoms with van der Waals surface area (Å²) in [6.07, 6.45) is 0.00112. The van der Waals surface area contributed by atoms with Crippen molar-refractivity contribution < 1.29 is 23.9 Å². The highest BCUT2D eigenvalue weighted by atomic mass is 32.1. The Morgan fingerprint density at radius 2 is 1.97 bits per heavy atom. The van der Waals surface area contributed by atoms with Gasteiger partial charge in [-0.2, -0.15) is 5.26 Å². The lowest BCUT2D eigenvalue weighted by Gasteiger charge is -2.14. The number of methoxy groups -OCH3 is 1. The number of hydrogen-bond acceptors (Lipinski definition) is 8. The summed E-state index contributed by atoms with van der Waals surface area (Å²) < 4.78 is 5.41. The Morgan fingerprint density at radius 3 is 2.68 bits per heavy atom. The van der Waals surface area contributed by atoms with Gasteiger partial charge in [0.25, 0.3) is 0 Å². The monoisotopic (exact) mass is 446 g/mol. The third-order valence-corrected chi connectivity index (χ3v) is 4.83. The highest BCUT2D eigenvalue weighted by Gasteiger charge is 2.16. The fourth-order valence-corrected chi connectivity index (χ4v) is 3.25. The number of fused-ring (bicyclic) bond motifs is 1. The van der Waals surface area contributed by atoms with E-state index < -0.39 is 23.8 Å². The van der Waals surface area contributed by atoms with Gasteiger partial charge in [0.15, 0.2) is 5.01 Å². The zero-order valence-corrected chi connectivity index (χ0v) is 17.8. The Morgan fingerprint density at radius 1 is 1.19 bits per heavy atom. The molecule has 0 saturated carbocycles. The van der Waals surface area contributed by atoms with Crippen molar-refractivity contribution in [3.8, 4) is 6.07 Å². The van der Waals surface area contributed by atoms with Crippen molar-refractivity contribution in [1.29, 1.82) is 5.26 Å². The molecule has 0 aliphatic heterocycles. The molecule has 0 bridgehead atoms. The minimum absolute atomic E-state index is 0.00112. The molecule has 12 heteroatoms. The smallest absolute Gasteiger partial charge is 0.245 e. The summed E-state index contributed by atoms with van der Waals surface area (Å²) in [5, 5.41) is 19.3. The third-order valence-electron chi connectivity index (χ3n) is 3.91. The second-order valence-electron chi connectivity index (χ2n) is 6.40. The van der Waals surface area contributed by atoms with E-state index in [-0.39, 0.29) is 32.0 Å². The molecule has 1 atom stereocenters. The number of carbonyl (C=O) groups excluding carboxylic acids is 4. The van der Waals surface area contributed by atoms with Crippen molar-refractivity contribution in [2.75, 3.05) is 32.1 Å². The van der Waals surface area contributed by atoms with E-state index in [1.54, 1.807) is 18.2 Å². The largest absolute Gasteiger partial charge is 0.375 e. The summed E-state index contributed by atoms with van der Waals surface area (Å²) in [6, 6.07) is 6.16. The molecule has 1 heterocycles. The Kier molecular flexibility index (Phi) is 8.86. The fraction of sp³-hybridized carbons (Fsp3) is 0.368. The molecular weight excluding hydrogens is 424 g/mol. The topological polar surface area (TPSA) is 162 Å². The lowest BCUT2D eigenvalue weighted by Crippen LogP contribution is -2.47. The number of anilines is 1. The average molecular weight is 446 g/mol. The Labute approximate surface area is 182 Å². The molecule has 0 saturated heterocycles. The molecular formula is C19H22N6O5S. The molecule has 164 valence electrons. The van der Waals surface area contributed by atoms with Crippen LogP contribution in [0.25, 0.3) is 10.2 Å². The lowest BCUT2D eigenvalue weighted by atomic mass is 10.2. The summed E-state index contributed by atoms with van der Waals surface area (Å²) >= 11 is 1.21. The number of thiazole rings is 1. The van der Waals surface area contributed by atoms with E-state index in [1.165, 1.54) is 25.4 Å². The van der Waals surface area contributed by atoms with Crippen molar-refractivity contribution >= 4 is 50.9 Å². The highest BCUT2D eigenvalue weighted by Crippen LogP contribution is 2.24. The van der Waals surface area contributed by atoms with Gasteiger partial charge < -0.3 is 26.0 Å². The molecule has 4 amide bonds. The van der Waals surface area contributed by atoms with Gasteiger partial charge in [-0.25, -0.2) is 4.98 Å². The number of nitriles is 1. The Bertz CT molecular complexity index is 1010. The number of rotatable bonds is 10. The normalized spacial score (nSPS) is 11.3. The van der Waals surface area contributed by atoms with Gasteiger partial charge in [0.05, 0.1) is 16.8 Å². The number of amides is 4. The van der Waals surface area contributed by atoms with Gasteiger partial charge in [0.1, 0.15) is 18.7 Å². The van der Waals surface area contributed by atoms with E-state index in [4.69, 9.17) is 5.26 Å². The molecule has 0 fully saturated rings. The van der Waals surface area contributed by atoms with Crippen molar-refractivity contribution in [3.05, 3.63) is 23.2 Å². The van der Waals surface area contributed by atoms with E-state index >= 15 is 0 Å². The van der Waals surface area contributed by atoms with Crippen LogP contribution in [0, 0.1) is 11.3 Å². The van der Waals surface area contributed by atoms with Crippen molar-refractivity contribution in [2.45, 2.75) is 19.4 Å². The molecule has 4 N–H and O–H groups in total. The number of nitrogens with one attached hydrogen (secondary N) is 4. The summed E-state index contributed by atoms with van der Waals surface area (Å²) in [4.78, 5) is 51.3. The molecule has 0 aliphatic rings. The molecule has 0 aliphatic carbocycles. The van der Waals surface area contributed by atoms with E-state index in [0.717, 1.165) is 4.70 Å². The maximum Gasteiger partial charge on any atom is 0.245 e. The Hall–Kier alpha value is -3.56. The predicted octanol–water partition coefficient (Wildman–Crippen LogP) is -0.120. The number of nitrogens with zero attached hydrogens (tertiary/aromatic N) is 2. The lowest BCUT2D eigenvalue weighted by molar-refractivity contribution is -0.129. The van der Waals surface area contributed by atoms with E-state index in [0.29, 0.717) is 16.2 Å². The van der Waals surface area contributed by atoms with E-state index in [2.05, 4.69) is 31.0 Å². The minimum atomic E-state index is -0.854. The first-order chi connectivity index (χ1) is 14.8. The summed E-state index contributed by atoms with van der Waals surface area (Å²) in [7, 11) is 1.39. The van der Waals surface area contributed by atoms with Crippen molar-refractivity contribution in [3.63, 3.8) is 0 Å². The van der Waals surface area contributed by atoms with Gasteiger partial charge in [0.2, 0.25) is 23.6 Å². The van der Waals surface area contributed by atoms with Crippen LogP contribution in [0.15, 0.2) is 18.2 Å². The van der Waals surface area contributed by atoms with Crippen LogP contribution in [0.3, 0.4) is 0 Å². The number of carbonyl (C=O) groups is 4. The predicted molar refractivity (Wildman–Crippen MR) is 113 cm³/mol. The second-order valence-corrected chi connectivity index (χ2v) is 7.43. The first-order valence-corrected chi connectivity index (χ1v) is 10.1.